The van der Waals surface area contributed by atoms with E-state index in [4.69, 9.17) is 0 Å². The number of benzene rings is 1. The molecule has 23 heavy (non-hydrogen) atoms. The number of halogens is 11. The highest BCUT2D eigenvalue weighted by Gasteiger charge is 2.62. The van der Waals surface area contributed by atoms with Gasteiger partial charge in [0.2, 0.25) is 0 Å². The van der Waals surface area contributed by atoms with Gasteiger partial charge in [0.05, 0.1) is 11.1 Å². The topological polar surface area (TPSA) is 26.0 Å². The Kier molecular flexibility index (Phi) is 4.65. The fourth-order valence-electron chi connectivity index (χ4n) is 1.63. The van der Waals surface area contributed by atoms with Gasteiger partial charge < -0.3 is 5.73 Å². The summed E-state index contributed by atoms with van der Waals surface area (Å²) in [6.07, 6.45) is -17.1. The monoisotopic (exact) mass is 361 g/mol. The standard InChI is InChI=1S/C11H6F11N/c12-8(13,11(20,21)22)7(23)5-3-4(9(14,15)16)1-2-6(5)10(17,18)19/h1-3,7H,23H2/t7-/m0/s1. The predicted molar refractivity (Wildman–Crippen MR) is 54.4 cm³/mol. The second-order valence-electron chi connectivity index (χ2n) is 4.40. The van der Waals surface area contributed by atoms with Crippen LogP contribution in [0.25, 0.3) is 0 Å². The first-order chi connectivity index (χ1) is 9.99. The molecule has 0 bridgehead atoms. The molecule has 0 saturated heterocycles. The summed E-state index contributed by atoms with van der Waals surface area (Å²) in [5, 5.41) is 0. The Morgan fingerprint density at radius 1 is 0.739 bits per heavy atom. The van der Waals surface area contributed by atoms with Crippen LogP contribution < -0.4 is 5.73 Å². The minimum Gasteiger partial charge on any atom is -0.319 e. The Labute approximate surface area is 120 Å². The zero-order chi connectivity index (χ0) is 18.4. The average molecular weight is 361 g/mol. The van der Waals surface area contributed by atoms with Crippen LogP contribution >= 0.6 is 0 Å². The van der Waals surface area contributed by atoms with E-state index in [1.165, 1.54) is 0 Å². The number of hydrogen-bond acceptors (Lipinski definition) is 1. The Balaban J connectivity index is 3.59. The molecule has 0 aliphatic carbocycles. The minimum atomic E-state index is -6.34. The molecule has 0 heterocycles. The van der Waals surface area contributed by atoms with E-state index in [1.54, 1.807) is 0 Å². The summed E-state index contributed by atoms with van der Waals surface area (Å²) in [5.74, 6) is -5.86. The van der Waals surface area contributed by atoms with Gasteiger partial charge in [0.15, 0.2) is 0 Å². The lowest BCUT2D eigenvalue weighted by atomic mass is 9.93. The Morgan fingerprint density at radius 2 is 1.22 bits per heavy atom. The molecule has 1 aromatic rings. The van der Waals surface area contributed by atoms with Crippen LogP contribution in [-0.4, -0.2) is 12.1 Å². The van der Waals surface area contributed by atoms with Crippen LogP contribution in [0.5, 0.6) is 0 Å². The third-order valence-electron chi connectivity index (χ3n) is 2.79. The van der Waals surface area contributed by atoms with Crippen LogP contribution in [0, 0.1) is 0 Å². The zero-order valence-electron chi connectivity index (χ0n) is 10.5. The molecule has 0 radical (unpaired) electrons. The van der Waals surface area contributed by atoms with Gasteiger partial charge >= 0.3 is 24.5 Å². The maximum absolute atomic E-state index is 13.1. The molecule has 0 unspecified atom stereocenters. The van der Waals surface area contributed by atoms with Crippen molar-refractivity contribution in [3.05, 3.63) is 34.9 Å². The van der Waals surface area contributed by atoms with Crippen molar-refractivity contribution >= 4 is 0 Å². The van der Waals surface area contributed by atoms with E-state index < -0.39 is 53.2 Å². The Hall–Kier alpha value is -1.59. The van der Waals surface area contributed by atoms with E-state index >= 15 is 0 Å². The van der Waals surface area contributed by atoms with Crippen LogP contribution in [0.1, 0.15) is 22.7 Å². The summed E-state index contributed by atoms with van der Waals surface area (Å²) in [6.45, 7) is 0. The molecule has 0 aliphatic rings. The zero-order valence-corrected chi connectivity index (χ0v) is 10.5. The van der Waals surface area contributed by atoms with E-state index in [9.17, 15) is 48.3 Å². The first-order valence-corrected chi connectivity index (χ1v) is 5.48. The lowest BCUT2D eigenvalue weighted by Gasteiger charge is -2.28. The van der Waals surface area contributed by atoms with Crippen molar-refractivity contribution in [2.24, 2.45) is 5.73 Å². The molecule has 1 aromatic carbocycles. The normalized spacial score (nSPS) is 15.7. The van der Waals surface area contributed by atoms with E-state index in [0.717, 1.165) is 0 Å². The fourth-order valence-corrected chi connectivity index (χ4v) is 1.63. The Morgan fingerprint density at radius 3 is 1.57 bits per heavy atom. The molecule has 1 rings (SSSR count). The summed E-state index contributed by atoms with van der Waals surface area (Å²) in [6, 6.07) is -4.47. The predicted octanol–water partition coefficient (Wildman–Crippen LogP) is 4.92. The maximum Gasteiger partial charge on any atom is 0.455 e. The molecule has 0 spiro atoms. The highest BCUT2D eigenvalue weighted by Crippen LogP contribution is 2.47. The van der Waals surface area contributed by atoms with Crippen molar-refractivity contribution in [3.63, 3.8) is 0 Å². The smallest absolute Gasteiger partial charge is 0.319 e. The highest BCUT2D eigenvalue weighted by molar-refractivity contribution is 5.38. The molecule has 132 valence electrons. The lowest BCUT2D eigenvalue weighted by molar-refractivity contribution is -0.291. The van der Waals surface area contributed by atoms with E-state index in [-0.39, 0.29) is 12.1 Å². The van der Waals surface area contributed by atoms with E-state index in [0.29, 0.717) is 0 Å². The third kappa shape index (κ3) is 3.85. The molecule has 0 amide bonds. The summed E-state index contributed by atoms with van der Waals surface area (Å²) >= 11 is 0. The summed E-state index contributed by atoms with van der Waals surface area (Å²) < 4.78 is 138. The summed E-state index contributed by atoms with van der Waals surface area (Å²) in [4.78, 5) is 0. The highest BCUT2D eigenvalue weighted by atomic mass is 19.4. The second kappa shape index (κ2) is 5.49. The molecule has 0 saturated carbocycles. The van der Waals surface area contributed by atoms with Gasteiger partial charge in [-0.1, -0.05) is 0 Å². The third-order valence-corrected chi connectivity index (χ3v) is 2.79. The van der Waals surface area contributed by atoms with Crippen molar-refractivity contribution in [3.8, 4) is 0 Å². The average Bonchev–Trinajstić information content (AvgIpc) is 2.33. The first kappa shape index (κ1) is 19.5. The van der Waals surface area contributed by atoms with Crippen molar-refractivity contribution in [2.45, 2.75) is 30.5 Å². The summed E-state index contributed by atoms with van der Waals surface area (Å²) in [7, 11) is 0. The number of rotatable bonds is 2. The van der Waals surface area contributed by atoms with Crippen LogP contribution in [0.2, 0.25) is 0 Å². The van der Waals surface area contributed by atoms with Crippen molar-refractivity contribution in [1.82, 2.24) is 0 Å². The Bertz CT molecular complexity index is 567. The van der Waals surface area contributed by atoms with Gasteiger partial charge in [-0.05, 0) is 23.8 Å². The van der Waals surface area contributed by atoms with Gasteiger partial charge in [-0.25, -0.2) is 0 Å². The van der Waals surface area contributed by atoms with Gasteiger partial charge in [-0.15, -0.1) is 0 Å². The molecule has 0 fully saturated rings. The summed E-state index contributed by atoms with van der Waals surface area (Å²) in [5.41, 5.74) is -1.42. The van der Waals surface area contributed by atoms with Crippen LogP contribution in [0.3, 0.4) is 0 Å². The van der Waals surface area contributed by atoms with Crippen LogP contribution in [-0.2, 0) is 12.4 Å². The van der Waals surface area contributed by atoms with E-state index in [1.807, 2.05) is 0 Å². The molecule has 0 aliphatic heterocycles. The van der Waals surface area contributed by atoms with Crippen molar-refractivity contribution < 1.29 is 48.3 Å². The van der Waals surface area contributed by atoms with Gasteiger partial charge in [0.25, 0.3) is 0 Å². The number of nitrogens with two attached hydrogens (primary N) is 1. The quantitative estimate of drug-likeness (QED) is 0.744. The minimum absolute atomic E-state index is 0.0925. The molecule has 0 aromatic heterocycles. The molecule has 2 N–H and O–H groups in total. The number of hydrogen-bond donors (Lipinski definition) is 1. The molecule has 1 nitrogen and oxygen atoms in total. The number of alkyl halides is 11. The maximum atomic E-state index is 13.1. The van der Waals surface area contributed by atoms with Gasteiger partial charge in [0.1, 0.15) is 6.04 Å². The SMILES string of the molecule is N[C@@H](c1cc(C(F)(F)F)ccc1C(F)(F)F)C(F)(F)C(F)(F)F. The molecular weight excluding hydrogens is 355 g/mol. The van der Waals surface area contributed by atoms with Crippen LogP contribution in [0.4, 0.5) is 48.3 Å². The molecule has 12 heteroatoms. The fraction of sp³-hybridized carbons (Fsp3) is 0.455. The van der Waals surface area contributed by atoms with Crippen molar-refractivity contribution in [2.75, 3.05) is 0 Å². The van der Waals surface area contributed by atoms with Crippen molar-refractivity contribution in [1.29, 1.82) is 0 Å². The largest absolute Gasteiger partial charge is 0.455 e. The lowest BCUT2D eigenvalue weighted by Crippen LogP contribution is -2.46. The van der Waals surface area contributed by atoms with E-state index in [2.05, 4.69) is 5.73 Å². The molecule has 1 atom stereocenters. The molecular formula is C11H6F11N. The van der Waals surface area contributed by atoms with Gasteiger partial charge in [0, 0.05) is 0 Å². The van der Waals surface area contributed by atoms with Gasteiger partial charge in [-0.3, -0.25) is 0 Å². The van der Waals surface area contributed by atoms with Crippen LogP contribution in [0.15, 0.2) is 18.2 Å². The second-order valence-corrected chi connectivity index (χ2v) is 4.40. The van der Waals surface area contributed by atoms with Gasteiger partial charge in [-0.2, -0.15) is 48.3 Å². The first-order valence-electron chi connectivity index (χ1n) is 5.48.